The van der Waals surface area contributed by atoms with Crippen molar-refractivity contribution in [2.45, 2.75) is 26.8 Å². The molecule has 0 fully saturated rings. The van der Waals surface area contributed by atoms with Crippen LogP contribution in [-0.4, -0.2) is 25.1 Å². The molecule has 0 amide bonds. The van der Waals surface area contributed by atoms with Gasteiger partial charge in [0.25, 0.3) is 0 Å². The average Bonchev–Trinajstić information content (AvgIpc) is 2.37. The van der Waals surface area contributed by atoms with Crippen molar-refractivity contribution in [1.82, 2.24) is 4.90 Å². The van der Waals surface area contributed by atoms with Crippen LogP contribution in [0.25, 0.3) is 0 Å². The SMILES string of the molecule is COc1ccc(CN(CCC#N)CC(C)C)c(F)c1. The van der Waals surface area contributed by atoms with E-state index in [0.717, 1.165) is 6.54 Å². The summed E-state index contributed by atoms with van der Waals surface area (Å²) in [5.41, 5.74) is 0.638. The zero-order chi connectivity index (χ0) is 14.3. The quantitative estimate of drug-likeness (QED) is 0.758. The minimum Gasteiger partial charge on any atom is -0.497 e. The number of nitriles is 1. The molecule has 1 aromatic rings. The molecule has 0 heterocycles. The van der Waals surface area contributed by atoms with Gasteiger partial charge in [0, 0.05) is 37.7 Å². The van der Waals surface area contributed by atoms with Crippen LogP contribution in [-0.2, 0) is 6.54 Å². The van der Waals surface area contributed by atoms with Crippen LogP contribution >= 0.6 is 0 Å². The number of benzene rings is 1. The first-order valence-corrected chi connectivity index (χ1v) is 6.48. The first kappa shape index (κ1) is 15.5. The van der Waals surface area contributed by atoms with Gasteiger partial charge < -0.3 is 4.74 Å². The first-order valence-electron chi connectivity index (χ1n) is 6.48. The van der Waals surface area contributed by atoms with Crippen LogP contribution in [0, 0.1) is 23.1 Å². The van der Waals surface area contributed by atoms with E-state index in [1.165, 1.54) is 13.2 Å². The third-order valence-electron chi connectivity index (χ3n) is 2.82. The Morgan fingerprint density at radius 2 is 2.16 bits per heavy atom. The van der Waals surface area contributed by atoms with Gasteiger partial charge in [0.2, 0.25) is 0 Å². The summed E-state index contributed by atoms with van der Waals surface area (Å²) in [5, 5.41) is 8.67. The Kier molecular flexibility index (Phi) is 6.31. The number of hydrogen-bond acceptors (Lipinski definition) is 3. The van der Waals surface area contributed by atoms with Crippen LogP contribution in [0.5, 0.6) is 5.75 Å². The van der Waals surface area contributed by atoms with Gasteiger partial charge in [0.15, 0.2) is 0 Å². The Morgan fingerprint density at radius 3 is 2.68 bits per heavy atom. The number of methoxy groups -OCH3 is 1. The highest BCUT2D eigenvalue weighted by Crippen LogP contribution is 2.18. The van der Waals surface area contributed by atoms with E-state index < -0.39 is 0 Å². The molecular weight excluding hydrogens is 243 g/mol. The molecule has 0 unspecified atom stereocenters. The van der Waals surface area contributed by atoms with Crippen LogP contribution in [0.1, 0.15) is 25.8 Å². The fraction of sp³-hybridized carbons (Fsp3) is 0.533. The molecule has 4 heteroatoms. The van der Waals surface area contributed by atoms with E-state index in [2.05, 4.69) is 24.8 Å². The van der Waals surface area contributed by atoms with Crippen molar-refractivity contribution < 1.29 is 9.13 Å². The van der Waals surface area contributed by atoms with E-state index in [9.17, 15) is 4.39 Å². The topological polar surface area (TPSA) is 36.3 Å². The standard InChI is InChI=1S/C15H21FN2O/c1-12(2)10-18(8-4-7-17)11-13-5-6-14(19-3)9-15(13)16/h5-6,9,12H,4,8,10-11H2,1-3H3. The molecule has 104 valence electrons. The summed E-state index contributed by atoms with van der Waals surface area (Å²) < 4.78 is 18.9. The normalized spacial score (nSPS) is 10.8. The molecule has 1 rings (SSSR count). The Labute approximate surface area is 114 Å². The summed E-state index contributed by atoms with van der Waals surface area (Å²) in [6.07, 6.45) is 0.463. The Hall–Kier alpha value is -1.60. The molecule has 1 aromatic carbocycles. The average molecular weight is 264 g/mol. The third-order valence-corrected chi connectivity index (χ3v) is 2.82. The van der Waals surface area contributed by atoms with E-state index in [4.69, 9.17) is 10.00 Å². The minimum absolute atomic E-state index is 0.259. The smallest absolute Gasteiger partial charge is 0.131 e. The lowest BCUT2D eigenvalue weighted by atomic mass is 10.1. The van der Waals surface area contributed by atoms with E-state index in [0.29, 0.717) is 36.7 Å². The second kappa shape index (κ2) is 7.75. The second-order valence-electron chi connectivity index (χ2n) is 4.99. The molecule has 0 aliphatic heterocycles. The van der Waals surface area contributed by atoms with Crippen LogP contribution in [0.2, 0.25) is 0 Å². The van der Waals surface area contributed by atoms with E-state index in [1.54, 1.807) is 12.1 Å². The minimum atomic E-state index is -0.259. The van der Waals surface area contributed by atoms with Gasteiger partial charge in [-0.05, 0) is 12.0 Å². The lowest BCUT2D eigenvalue weighted by Crippen LogP contribution is -2.28. The zero-order valence-corrected chi connectivity index (χ0v) is 11.8. The molecule has 0 atom stereocenters. The van der Waals surface area contributed by atoms with Crippen molar-refractivity contribution in [1.29, 1.82) is 5.26 Å². The zero-order valence-electron chi connectivity index (χ0n) is 11.8. The highest BCUT2D eigenvalue weighted by Gasteiger charge is 2.11. The van der Waals surface area contributed by atoms with Crippen molar-refractivity contribution in [2.75, 3.05) is 20.2 Å². The molecular formula is C15H21FN2O. The Bertz CT molecular complexity index is 440. The second-order valence-corrected chi connectivity index (χ2v) is 4.99. The molecule has 0 aliphatic carbocycles. The molecule has 0 aliphatic rings. The van der Waals surface area contributed by atoms with Crippen LogP contribution in [0.3, 0.4) is 0 Å². The highest BCUT2D eigenvalue weighted by molar-refractivity contribution is 5.28. The monoisotopic (exact) mass is 264 g/mol. The Balaban J connectivity index is 2.74. The fourth-order valence-corrected chi connectivity index (χ4v) is 1.98. The Morgan fingerprint density at radius 1 is 1.42 bits per heavy atom. The summed E-state index contributed by atoms with van der Waals surface area (Å²) in [4.78, 5) is 2.11. The van der Waals surface area contributed by atoms with Crippen LogP contribution in [0.4, 0.5) is 4.39 Å². The van der Waals surface area contributed by atoms with Gasteiger partial charge in [-0.25, -0.2) is 4.39 Å². The van der Waals surface area contributed by atoms with Crippen molar-refractivity contribution in [2.24, 2.45) is 5.92 Å². The number of nitrogens with zero attached hydrogens (tertiary/aromatic N) is 2. The molecule has 0 N–H and O–H groups in total. The summed E-state index contributed by atoms with van der Waals surface area (Å²) >= 11 is 0. The largest absolute Gasteiger partial charge is 0.497 e. The van der Waals surface area contributed by atoms with Gasteiger partial charge in [-0.15, -0.1) is 0 Å². The summed E-state index contributed by atoms with van der Waals surface area (Å²) in [5.74, 6) is 0.749. The molecule has 3 nitrogen and oxygen atoms in total. The van der Waals surface area contributed by atoms with Gasteiger partial charge >= 0.3 is 0 Å². The molecule has 0 bridgehead atoms. The lowest BCUT2D eigenvalue weighted by molar-refractivity contribution is 0.238. The summed E-state index contributed by atoms with van der Waals surface area (Å²) in [6, 6.07) is 7.03. The number of hydrogen-bond donors (Lipinski definition) is 0. The molecule has 0 radical (unpaired) electrons. The first-order chi connectivity index (χ1) is 9.06. The van der Waals surface area contributed by atoms with Crippen molar-refractivity contribution in [3.05, 3.63) is 29.6 Å². The van der Waals surface area contributed by atoms with Gasteiger partial charge in [-0.3, -0.25) is 4.90 Å². The molecule has 0 saturated carbocycles. The number of ether oxygens (including phenoxy) is 1. The molecule has 0 spiro atoms. The third kappa shape index (κ3) is 5.27. The van der Waals surface area contributed by atoms with Gasteiger partial charge in [0.1, 0.15) is 11.6 Å². The summed E-state index contributed by atoms with van der Waals surface area (Å²) in [7, 11) is 1.52. The fourth-order valence-electron chi connectivity index (χ4n) is 1.98. The van der Waals surface area contributed by atoms with Gasteiger partial charge in [0.05, 0.1) is 13.2 Å². The van der Waals surface area contributed by atoms with Crippen molar-refractivity contribution in [3.8, 4) is 11.8 Å². The van der Waals surface area contributed by atoms with Gasteiger partial charge in [-0.1, -0.05) is 19.9 Å². The van der Waals surface area contributed by atoms with E-state index in [-0.39, 0.29) is 5.82 Å². The molecule has 19 heavy (non-hydrogen) atoms. The van der Waals surface area contributed by atoms with Crippen LogP contribution in [0.15, 0.2) is 18.2 Å². The lowest BCUT2D eigenvalue weighted by Gasteiger charge is -2.23. The summed E-state index contributed by atoms with van der Waals surface area (Å²) in [6.45, 7) is 6.27. The predicted octanol–water partition coefficient (Wildman–Crippen LogP) is 3.21. The van der Waals surface area contributed by atoms with E-state index in [1.807, 2.05) is 0 Å². The maximum Gasteiger partial charge on any atom is 0.131 e. The number of rotatable bonds is 7. The molecule has 0 saturated heterocycles. The van der Waals surface area contributed by atoms with Crippen LogP contribution < -0.4 is 4.74 Å². The molecule has 0 aromatic heterocycles. The van der Waals surface area contributed by atoms with Gasteiger partial charge in [-0.2, -0.15) is 5.26 Å². The maximum atomic E-state index is 13.9. The predicted molar refractivity (Wildman–Crippen MR) is 73.3 cm³/mol. The number of halogens is 1. The van der Waals surface area contributed by atoms with Crippen molar-refractivity contribution >= 4 is 0 Å². The van der Waals surface area contributed by atoms with E-state index >= 15 is 0 Å². The highest BCUT2D eigenvalue weighted by atomic mass is 19.1. The van der Waals surface area contributed by atoms with Crippen molar-refractivity contribution in [3.63, 3.8) is 0 Å². The maximum absolute atomic E-state index is 13.9.